The van der Waals surface area contributed by atoms with Gasteiger partial charge in [-0.3, -0.25) is 0 Å². The molecule has 142 valence electrons. The number of urea groups is 1. The molecule has 1 aliphatic heterocycles. The van der Waals surface area contributed by atoms with Gasteiger partial charge in [0.05, 0.1) is 19.3 Å². The summed E-state index contributed by atoms with van der Waals surface area (Å²) in [6.45, 7) is 3.54. The first-order valence-electron chi connectivity index (χ1n) is 9.70. The van der Waals surface area contributed by atoms with E-state index in [0.717, 1.165) is 43.7 Å². The van der Waals surface area contributed by atoms with Gasteiger partial charge in [0.2, 0.25) is 0 Å². The second kappa shape index (κ2) is 8.39. The van der Waals surface area contributed by atoms with Gasteiger partial charge in [0.15, 0.2) is 0 Å². The van der Waals surface area contributed by atoms with E-state index in [4.69, 9.17) is 4.74 Å². The third-order valence-corrected chi connectivity index (χ3v) is 5.29. The van der Waals surface area contributed by atoms with Gasteiger partial charge in [-0.1, -0.05) is 30.3 Å². The summed E-state index contributed by atoms with van der Waals surface area (Å²) in [6.07, 6.45) is 4.98. The van der Waals surface area contributed by atoms with Crippen molar-refractivity contribution in [2.75, 3.05) is 31.2 Å². The van der Waals surface area contributed by atoms with E-state index >= 15 is 0 Å². The summed E-state index contributed by atoms with van der Waals surface area (Å²) >= 11 is 0. The smallest absolute Gasteiger partial charge is 0.315 e. The minimum atomic E-state index is -0.131. The maximum Gasteiger partial charge on any atom is 0.315 e. The number of aryl methyl sites for hydroxylation is 1. The average molecular weight is 366 g/mol. The molecule has 1 atom stereocenters. The molecule has 0 saturated carbocycles. The maximum absolute atomic E-state index is 12.5. The third-order valence-electron chi connectivity index (χ3n) is 5.29. The van der Waals surface area contributed by atoms with Gasteiger partial charge in [-0.25, -0.2) is 9.78 Å². The summed E-state index contributed by atoms with van der Waals surface area (Å²) in [6, 6.07) is 12.3. The molecule has 6 nitrogen and oxygen atoms in total. The number of nitrogens with one attached hydrogen (secondary N) is 2. The molecule has 1 aromatic carbocycles. The summed E-state index contributed by atoms with van der Waals surface area (Å²) in [5.74, 6) is 0.934. The Hall–Kier alpha value is -2.60. The van der Waals surface area contributed by atoms with Crippen molar-refractivity contribution in [2.24, 2.45) is 0 Å². The number of rotatable bonds is 4. The molecule has 2 heterocycles. The Morgan fingerprint density at radius 1 is 1.19 bits per heavy atom. The fourth-order valence-corrected chi connectivity index (χ4v) is 3.92. The van der Waals surface area contributed by atoms with Crippen LogP contribution in [0.4, 0.5) is 10.6 Å². The lowest BCUT2D eigenvalue weighted by Gasteiger charge is -2.29. The molecule has 0 bridgehead atoms. The van der Waals surface area contributed by atoms with Crippen LogP contribution in [-0.4, -0.2) is 37.3 Å². The molecule has 2 amide bonds. The second-order valence-electron chi connectivity index (χ2n) is 7.06. The van der Waals surface area contributed by atoms with Crippen molar-refractivity contribution in [1.29, 1.82) is 0 Å². The van der Waals surface area contributed by atoms with Crippen LogP contribution in [0.25, 0.3) is 0 Å². The topological polar surface area (TPSA) is 66.5 Å². The molecule has 2 aliphatic rings. The second-order valence-corrected chi connectivity index (χ2v) is 7.06. The van der Waals surface area contributed by atoms with Gasteiger partial charge in [-0.15, -0.1) is 0 Å². The van der Waals surface area contributed by atoms with Crippen molar-refractivity contribution >= 4 is 11.8 Å². The Balaban J connectivity index is 1.38. The van der Waals surface area contributed by atoms with Crippen LogP contribution >= 0.6 is 0 Å². The number of morpholine rings is 1. The molecular formula is C21H26N4O2. The average Bonchev–Trinajstić information content (AvgIpc) is 2.73. The molecule has 0 spiro atoms. The highest BCUT2D eigenvalue weighted by atomic mass is 16.5. The molecule has 1 fully saturated rings. The zero-order valence-corrected chi connectivity index (χ0v) is 15.5. The van der Waals surface area contributed by atoms with Crippen LogP contribution in [0.5, 0.6) is 0 Å². The third kappa shape index (κ3) is 4.22. The van der Waals surface area contributed by atoms with Crippen molar-refractivity contribution < 1.29 is 9.53 Å². The van der Waals surface area contributed by atoms with Crippen molar-refractivity contribution in [3.63, 3.8) is 0 Å². The first kappa shape index (κ1) is 17.8. The van der Waals surface area contributed by atoms with Crippen molar-refractivity contribution in [1.82, 2.24) is 15.6 Å². The molecule has 0 radical (unpaired) electrons. The lowest BCUT2D eigenvalue weighted by molar-refractivity contribution is 0.122. The molecule has 6 heteroatoms. The van der Waals surface area contributed by atoms with Crippen LogP contribution in [-0.2, 0) is 17.7 Å². The van der Waals surface area contributed by atoms with Gasteiger partial charge in [0.25, 0.3) is 0 Å². The van der Waals surface area contributed by atoms with E-state index in [2.05, 4.69) is 38.7 Å². The highest BCUT2D eigenvalue weighted by molar-refractivity contribution is 5.74. The summed E-state index contributed by atoms with van der Waals surface area (Å²) in [5, 5.41) is 6.15. The number of aromatic nitrogens is 1. The van der Waals surface area contributed by atoms with E-state index in [1.807, 2.05) is 18.2 Å². The molecule has 4 rings (SSSR count). The summed E-state index contributed by atoms with van der Waals surface area (Å²) in [4.78, 5) is 19.2. The first-order chi connectivity index (χ1) is 13.3. The van der Waals surface area contributed by atoms with Crippen molar-refractivity contribution in [3.8, 4) is 0 Å². The fourth-order valence-electron chi connectivity index (χ4n) is 3.92. The summed E-state index contributed by atoms with van der Waals surface area (Å²) < 4.78 is 5.42. The van der Waals surface area contributed by atoms with Crippen molar-refractivity contribution in [3.05, 3.63) is 59.3 Å². The normalized spacial score (nSPS) is 19.3. The molecule has 2 aromatic rings. The Morgan fingerprint density at radius 2 is 2.04 bits per heavy atom. The number of pyridine rings is 1. The van der Waals surface area contributed by atoms with E-state index < -0.39 is 0 Å². The van der Waals surface area contributed by atoms with Crippen molar-refractivity contribution in [2.45, 2.75) is 31.8 Å². The van der Waals surface area contributed by atoms with E-state index in [-0.39, 0.29) is 12.1 Å². The van der Waals surface area contributed by atoms with Crippen LogP contribution < -0.4 is 15.5 Å². The Labute approximate surface area is 159 Å². The highest BCUT2D eigenvalue weighted by Crippen LogP contribution is 2.29. The lowest BCUT2D eigenvalue weighted by Crippen LogP contribution is -2.40. The molecular weight excluding hydrogens is 340 g/mol. The predicted molar refractivity (Wildman–Crippen MR) is 105 cm³/mol. The Kier molecular flexibility index (Phi) is 5.53. The number of hydrogen-bond acceptors (Lipinski definition) is 4. The molecule has 1 aromatic heterocycles. The number of nitrogens with zero attached hydrogens (tertiary/aromatic N) is 2. The number of anilines is 1. The fraction of sp³-hybridized carbons (Fsp3) is 0.429. The van der Waals surface area contributed by atoms with Crippen LogP contribution in [0.1, 0.15) is 35.6 Å². The lowest BCUT2D eigenvalue weighted by atomic mass is 9.88. The molecule has 1 aliphatic carbocycles. The Bertz CT molecular complexity index is 789. The van der Waals surface area contributed by atoms with Gasteiger partial charge in [0, 0.05) is 31.4 Å². The number of amides is 2. The minimum absolute atomic E-state index is 0.0857. The number of carbonyl (C=O) groups excluding carboxylic acids is 1. The van der Waals surface area contributed by atoms with E-state index in [9.17, 15) is 4.79 Å². The molecule has 2 N–H and O–H groups in total. The van der Waals surface area contributed by atoms with Gasteiger partial charge >= 0.3 is 6.03 Å². The van der Waals surface area contributed by atoms with E-state index in [1.54, 1.807) is 6.20 Å². The number of benzene rings is 1. The predicted octanol–water partition coefficient (Wildman–Crippen LogP) is 2.80. The molecule has 0 unspecified atom stereocenters. The van der Waals surface area contributed by atoms with Crippen LogP contribution in [0.2, 0.25) is 0 Å². The SMILES string of the molecule is O=C(NCc1cccnc1N1CCOCC1)N[C@@H]1CCCc2ccccc21. The first-order valence-corrected chi connectivity index (χ1v) is 9.70. The number of hydrogen-bond donors (Lipinski definition) is 2. The van der Waals surface area contributed by atoms with E-state index in [1.165, 1.54) is 11.1 Å². The number of carbonyl (C=O) groups is 1. The summed E-state index contributed by atoms with van der Waals surface area (Å²) in [5.41, 5.74) is 3.61. The zero-order valence-electron chi connectivity index (χ0n) is 15.5. The van der Waals surface area contributed by atoms with Gasteiger partial charge in [-0.2, -0.15) is 0 Å². The number of fused-ring (bicyclic) bond motifs is 1. The summed E-state index contributed by atoms with van der Waals surface area (Å²) in [7, 11) is 0. The molecule has 27 heavy (non-hydrogen) atoms. The van der Waals surface area contributed by atoms with Gasteiger partial charge in [-0.05, 0) is 36.5 Å². The minimum Gasteiger partial charge on any atom is -0.378 e. The largest absolute Gasteiger partial charge is 0.378 e. The van der Waals surface area contributed by atoms with Gasteiger partial charge < -0.3 is 20.3 Å². The standard InChI is InChI=1S/C21H26N4O2/c26-21(24-19-9-3-6-16-5-1-2-8-18(16)19)23-15-17-7-4-10-22-20(17)25-11-13-27-14-12-25/h1-2,4-5,7-8,10,19H,3,6,9,11-15H2,(H2,23,24,26)/t19-/m1/s1. The highest BCUT2D eigenvalue weighted by Gasteiger charge is 2.21. The number of ether oxygens (including phenoxy) is 1. The molecule has 1 saturated heterocycles. The maximum atomic E-state index is 12.5. The van der Waals surface area contributed by atoms with E-state index in [0.29, 0.717) is 19.8 Å². The quantitative estimate of drug-likeness (QED) is 0.873. The zero-order chi connectivity index (χ0) is 18.5. The van der Waals surface area contributed by atoms with Gasteiger partial charge in [0.1, 0.15) is 5.82 Å². The Morgan fingerprint density at radius 3 is 2.93 bits per heavy atom. The van der Waals surface area contributed by atoms with Crippen LogP contribution in [0, 0.1) is 0 Å². The van der Waals surface area contributed by atoms with Crippen LogP contribution in [0.3, 0.4) is 0 Å². The van der Waals surface area contributed by atoms with Crippen LogP contribution in [0.15, 0.2) is 42.6 Å². The monoisotopic (exact) mass is 366 g/mol.